The number of carbonyl (C=O) groups is 1. The lowest BCUT2D eigenvalue weighted by Gasteiger charge is -2.23. The Labute approximate surface area is 127 Å². The molecule has 4 nitrogen and oxygen atoms in total. The van der Waals surface area contributed by atoms with E-state index in [1.807, 2.05) is 6.07 Å². The first-order chi connectivity index (χ1) is 10.2. The number of para-hydroxylation sites is 1. The number of nitrogens with zero attached hydrogens (tertiary/aromatic N) is 2. The number of nitriles is 1. The fraction of sp³-hybridized carbons (Fsp3) is 0.467. The molecule has 1 unspecified atom stereocenters. The minimum absolute atomic E-state index is 0.0461. The molecule has 0 fully saturated rings. The van der Waals surface area contributed by atoms with Crippen LogP contribution in [0.25, 0.3) is 0 Å². The van der Waals surface area contributed by atoms with Crippen LogP contribution in [-0.2, 0) is 11.2 Å². The molecule has 0 saturated carbocycles. The minimum Gasteiger partial charge on any atom is -0.406 e. The SMILES string of the molecule is CC(CC#N)N(C)C(=O)CCc1ccccc1OC(F)(F)F. The van der Waals surface area contributed by atoms with Crippen molar-refractivity contribution in [3.05, 3.63) is 29.8 Å². The van der Waals surface area contributed by atoms with Gasteiger partial charge in [-0.3, -0.25) is 4.79 Å². The Morgan fingerprint density at radius 3 is 2.64 bits per heavy atom. The summed E-state index contributed by atoms with van der Waals surface area (Å²) in [6.07, 6.45) is -4.38. The van der Waals surface area contributed by atoms with E-state index in [0.29, 0.717) is 5.56 Å². The van der Waals surface area contributed by atoms with Crippen LogP contribution in [0.1, 0.15) is 25.3 Å². The Kier molecular flexibility index (Phi) is 6.23. The van der Waals surface area contributed by atoms with Crippen LogP contribution in [0.5, 0.6) is 5.75 Å². The van der Waals surface area contributed by atoms with Gasteiger partial charge in [0.25, 0.3) is 0 Å². The maximum absolute atomic E-state index is 12.3. The zero-order valence-corrected chi connectivity index (χ0v) is 12.4. The van der Waals surface area contributed by atoms with Crippen molar-refractivity contribution >= 4 is 5.91 Å². The number of amides is 1. The molecule has 0 spiro atoms. The van der Waals surface area contributed by atoms with Crippen molar-refractivity contribution in [3.63, 3.8) is 0 Å². The third kappa shape index (κ3) is 5.64. The second kappa shape index (κ2) is 7.69. The fourth-order valence-electron chi connectivity index (χ4n) is 1.87. The Bertz CT molecular complexity index is 552. The van der Waals surface area contributed by atoms with Gasteiger partial charge in [-0.05, 0) is 25.0 Å². The third-order valence-electron chi connectivity index (χ3n) is 3.25. The van der Waals surface area contributed by atoms with Crippen molar-refractivity contribution in [1.29, 1.82) is 5.26 Å². The summed E-state index contributed by atoms with van der Waals surface area (Å²) in [7, 11) is 1.57. The number of rotatable bonds is 6. The van der Waals surface area contributed by atoms with Crippen LogP contribution in [0.4, 0.5) is 13.2 Å². The van der Waals surface area contributed by atoms with Gasteiger partial charge < -0.3 is 9.64 Å². The Balaban J connectivity index is 2.69. The summed E-state index contributed by atoms with van der Waals surface area (Å²) in [6, 6.07) is 7.47. The molecule has 22 heavy (non-hydrogen) atoms. The lowest BCUT2D eigenvalue weighted by atomic mass is 10.1. The van der Waals surface area contributed by atoms with E-state index in [1.165, 1.54) is 23.1 Å². The number of hydrogen-bond donors (Lipinski definition) is 0. The van der Waals surface area contributed by atoms with Gasteiger partial charge in [0, 0.05) is 19.5 Å². The van der Waals surface area contributed by atoms with Crippen LogP contribution in [0.2, 0.25) is 0 Å². The summed E-state index contributed by atoms with van der Waals surface area (Å²) in [5.41, 5.74) is 0.314. The van der Waals surface area contributed by atoms with E-state index in [9.17, 15) is 18.0 Å². The summed E-state index contributed by atoms with van der Waals surface area (Å²) < 4.78 is 40.9. The molecule has 0 aliphatic carbocycles. The highest BCUT2D eigenvalue weighted by molar-refractivity contribution is 5.76. The average Bonchev–Trinajstić information content (AvgIpc) is 2.43. The van der Waals surface area contributed by atoms with Gasteiger partial charge in [0.2, 0.25) is 5.91 Å². The molecular formula is C15H17F3N2O2. The molecule has 0 aliphatic rings. The summed E-state index contributed by atoms with van der Waals surface area (Å²) >= 11 is 0. The van der Waals surface area contributed by atoms with E-state index < -0.39 is 6.36 Å². The second-order valence-corrected chi connectivity index (χ2v) is 4.87. The van der Waals surface area contributed by atoms with Crippen LogP contribution in [0.3, 0.4) is 0 Å². The summed E-state index contributed by atoms with van der Waals surface area (Å²) in [6.45, 7) is 1.74. The molecular weight excluding hydrogens is 297 g/mol. The van der Waals surface area contributed by atoms with E-state index in [2.05, 4.69) is 4.74 Å². The van der Waals surface area contributed by atoms with Gasteiger partial charge in [0.15, 0.2) is 0 Å². The molecule has 0 N–H and O–H groups in total. The highest BCUT2D eigenvalue weighted by Gasteiger charge is 2.32. The predicted octanol–water partition coefficient (Wildman–Crippen LogP) is 3.28. The lowest BCUT2D eigenvalue weighted by molar-refractivity contribution is -0.274. The van der Waals surface area contributed by atoms with E-state index >= 15 is 0 Å². The van der Waals surface area contributed by atoms with Crippen LogP contribution in [0.15, 0.2) is 24.3 Å². The summed E-state index contributed by atoms with van der Waals surface area (Å²) in [5, 5.41) is 8.61. The molecule has 0 radical (unpaired) electrons. The molecule has 120 valence electrons. The van der Waals surface area contributed by atoms with Gasteiger partial charge in [-0.1, -0.05) is 18.2 Å². The monoisotopic (exact) mass is 314 g/mol. The number of halogens is 3. The van der Waals surface area contributed by atoms with Crippen LogP contribution in [0, 0.1) is 11.3 Å². The van der Waals surface area contributed by atoms with E-state index in [4.69, 9.17) is 5.26 Å². The topological polar surface area (TPSA) is 53.3 Å². The standard InChI is InChI=1S/C15H17F3N2O2/c1-11(9-10-19)20(2)14(21)8-7-12-5-3-4-6-13(12)22-15(16,17)18/h3-6,11H,7-9H2,1-2H3. The van der Waals surface area contributed by atoms with E-state index in [1.54, 1.807) is 20.0 Å². The molecule has 7 heteroatoms. The van der Waals surface area contributed by atoms with Crippen LogP contribution >= 0.6 is 0 Å². The molecule has 0 bridgehead atoms. The molecule has 1 aromatic carbocycles. The number of carbonyl (C=O) groups excluding carboxylic acids is 1. The minimum atomic E-state index is -4.77. The molecule has 1 amide bonds. The highest BCUT2D eigenvalue weighted by Crippen LogP contribution is 2.27. The summed E-state index contributed by atoms with van der Waals surface area (Å²) in [5.74, 6) is -0.528. The smallest absolute Gasteiger partial charge is 0.406 e. The summed E-state index contributed by atoms with van der Waals surface area (Å²) in [4.78, 5) is 13.4. The first-order valence-electron chi connectivity index (χ1n) is 6.71. The largest absolute Gasteiger partial charge is 0.573 e. The zero-order valence-electron chi connectivity index (χ0n) is 12.4. The van der Waals surface area contributed by atoms with Gasteiger partial charge in [-0.15, -0.1) is 13.2 Å². The number of hydrogen-bond acceptors (Lipinski definition) is 3. The highest BCUT2D eigenvalue weighted by atomic mass is 19.4. The first kappa shape index (κ1) is 17.8. The van der Waals surface area contributed by atoms with Crippen molar-refractivity contribution in [2.24, 2.45) is 0 Å². The number of alkyl halides is 3. The molecule has 1 aromatic rings. The van der Waals surface area contributed by atoms with Gasteiger partial charge in [-0.25, -0.2) is 0 Å². The molecule has 0 aromatic heterocycles. The number of aryl methyl sites for hydroxylation is 1. The molecule has 0 saturated heterocycles. The van der Waals surface area contributed by atoms with Crippen molar-refractivity contribution < 1.29 is 22.7 Å². The molecule has 0 aliphatic heterocycles. The van der Waals surface area contributed by atoms with Crippen LogP contribution in [-0.4, -0.2) is 30.3 Å². The normalized spacial score (nSPS) is 12.4. The fourth-order valence-corrected chi connectivity index (χ4v) is 1.87. The second-order valence-electron chi connectivity index (χ2n) is 4.87. The van der Waals surface area contributed by atoms with Gasteiger partial charge in [0.05, 0.1) is 12.5 Å². The Hall–Kier alpha value is -2.23. The quantitative estimate of drug-likeness (QED) is 0.809. The number of ether oxygens (including phenoxy) is 1. The maximum atomic E-state index is 12.3. The van der Waals surface area contributed by atoms with Gasteiger partial charge >= 0.3 is 6.36 Å². The van der Waals surface area contributed by atoms with E-state index in [0.717, 1.165) is 0 Å². The first-order valence-corrected chi connectivity index (χ1v) is 6.71. The average molecular weight is 314 g/mol. The maximum Gasteiger partial charge on any atom is 0.573 e. The lowest BCUT2D eigenvalue weighted by Crippen LogP contribution is -2.34. The third-order valence-corrected chi connectivity index (χ3v) is 3.25. The molecule has 1 rings (SSSR count). The van der Waals surface area contributed by atoms with Crippen molar-refractivity contribution in [3.8, 4) is 11.8 Å². The van der Waals surface area contributed by atoms with Crippen LogP contribution < -0.4 is 4.74 Å². The molecule has 1 atom stereocenters. The van der Waals surface area contributed by atoms with Crippen molar-refractivity contribution in [2.45, 2.75) is 38.6 Å². The Morgan fingerprint density at radius 1 is 1.41 bits per heavy atom. The predicted molar refractivity (Wildman–Crippen MR) is 73.9 cm³/mol. The van der Waals surface area contributed by atoms with Gasteiger partial charge in [-0.2, -0.15) is 5.26 Å². The zero-order chi connectivity index (χ0) is 16.8. The Morgan fingerprint density at radius 2 is 2.05 bits per heavy atom. The van der Waals surface area contributed by atoms with Gasteiger partial charge in [0.1, 0.15) is 5.75 Å². The van der Waals surface area contributed by atoms with E-state index in [-0.39, 0.29) is 37.0 Å². The molecule has 0 heterocycles. The van der Waals surface area contributed by atoms with Crippen molar-refractivity contribution in [1.82, 2.24) is 4.90 Å². The van der Waals surface area contributed by atoms with Crippen molar-refractivity contribution in [2.75, 3.05) is 7.05 Å². The number of benzene rings is 1.